The van der Waals surface area contributed by atoms with E-state index >= 15 is 0 Å². The minimum Gasteiger partial charge on any atom is -0.457 e. The van der Waals surface area contributed by atoms with E-state index in [4.69, 9.17) is 4.74 Å². The summed E-state index contributed by atoms with van der Waals surface area (Å²) in [4.78, 5) is 2.34. The minimum absolute atomic E-state index is 0.797. The second-order valence-corrected chi connectivity index (χ2v) is 17.8. The van der Waals surface area contributed by atoms with E-state index in [2.05, 4.69) is 271 Å². The Balaban J connectivity index is 0.848. The van der Waals surface area contributed by atoms with Gasteiger partial charge in [-0.1, -0.05) is 188 Å². The summed E-state index contributed by atoms with van der Waals surface area (Å²) in [7, 11) is 0. The third kappa shape index (κ3) is 8.20. The SMILES string of the molecule is Cc1ccccc1-c1ccccc1Oc1cccc(-c2cccc(-c3ccc(N(c4ccc(-c5ccccc5)cc4)c4ccc(-c5cccc(-n6c7ccccc7c7ccccc76)c5)cc4)cc3)c2)c1. The minimum atomic E-state index is 0.797. The predicted molar refractivity (Wildman–Crippen MR) is 294 cm³/mol. The number of benzene rings is 11. The number of anilines is 3. The zero-order valence-electron chi connectivity index (χ0n) is 38.8. The highest BCUT2D eigenvalue weighted by atomic mass is 16.5. The highest BCUT2D eigenvalue weighted by molar-refractivity contribution is 6.09. The molecule has 0 spiro atoms. The first-order valence-corrected chi connectivity index (χ1v) is 23.9. The van der Waals surface area contributed by atoms with Gasteiger partial charge < -0.3 is 14.2 Å². The van der Waals surface area contributed by atoms with E-state index < -0.39 is 0 Å². The maximum absolute atomic E-state index is 6.60. The van der Waals surface area contributed by atoms with Gasteiger partial charge in [0.1, 0.15) is 11.5 Å². The number of rotatable bonds is 11. The van der Waals surface area contributed by atoms with Gasteiger partial charge in [0.05, 0.1) is 11.0 Å². The molecular formula is C67H48N2O. The van der Waals surface area contributed by atoms with Crippen LogP contribution in [-0.2, 0) is 0 Å². The molecule has 11 aromatic carbocycles. The lowest BCUT2D eigenvalue weighted by molar-refractivity contribution is 0.484. The second kappa shape index (κ2) is 18.5. The molecule has 3 nitrogen and oxygen atoms in total. The van der Waals surface area contributed by atoms with Gasteiger partial charge in [0.2, 0.25) is 0 Å². The molecule has 0 fully saturated rings. The molecule has 0 unspecified atom stereocenters. The van der Waals surface area contributed by atoms with Crippen LogP contribution in [0.1, 0.15) is 5.56 Å². The maximum atomic E-state index is 6.60. The molecule has 0 aliphatic rings. The molecule has 3 heteroatoms. The molecule has 0 aliphatic heterocycles. The van der Waals surface area contributed by atoms with Crippen LogP contribution in [0.5, 0.6) is 11.5 Å². The number of hydrogen-bond donors (Lipinski definition) is 0. The van der Waals surface area contributed by atoms with Crippen molar-refractivity contribution in [3.8, 4) is 72.8 Å². The zero-order chi connectivity index (χ0) is 46.8. The third-order valence-corrected chi connectivity index (χ3v) is 13.4. The predicted octanol–water partition coefficient (Wildman–Crippen LogP) is 18.7. The second-order valence-electron chi connectivity index (χ2n) is 17.8. The van der Waals surface area contributed by atoms with Gasteiger partial charge >= 0.3 is 0 Å². The highest BCUT2D eigenvalue weighted by Gasteiger charge is 2.17. The normalized spacial score (nSPS) is 11.2. The van der Waals surface area contributed by atoms with E-state index in [0.717, 1.165) is 67.6 Å². The van der Waals surface area contributed by atoms with Crippen LogP contribution in [0.4, 0.5) is 17.1 Å². The van der Waals surface area contributed by atoms with Crippen molar-refractivity contribution in [1.29, 1.82) is 0 Å². The standard InChI is InChI=1S/C67H48N2O/c1-47-16-5-6-25-61(47)64-28-9-12-31-67(64)70-60-24-15-22-55(46-60)53-20-13-19-52(44-53)50-34-40-57(41-35-50)68(56-38-32-49(33-39-56)48-17-3-2-4-18-48)58-42-36-51(37-43-58)54-21-14-23-59(45-54)69-65-29-10-7-26-62(65)63-27-8-11-30-66(63)69/h2-46H,1H3. The fraction of sp³-hybridized carbons (Fsp3) is 0.0149. The lowest BCUT2D eigenvalue weighted by Gasteiger charge is -2.26. The molecule has 0 bridgehead atoms. The molecule has 0 amide bonds. The molecule has 12 rings (SSSR count). The van der Waals surface area contributed by atoms with Crippen molar-refractivity contribution in [3.05, 3.63) is 279 Å². The van der Waals surface area contributed by atoms with Crippen molar-refractivity contribution >= 4 is 38.9 Å². The van der Waals surface area contributed by atoms with Gasteiger partial charge in [0, 0.05) is 39.1 Å². The average molecular weight is 897 g/mol. The third-order valence-electron chi connectivity index (χ3n) is 13.4. The fourth-order valence-electron chi connectivity index (χ4n) is 9.91. The molecular weight excluding hydrogens is 849 g/mol. The largest absolute Gasteiger partial charge is 0.457 e. The molecule has 12 aromatic rings. The molecule has 1 heterocycles. The first kappa shape index (κ1) is 42.2. The van der Waals surface area contributed by atoms with Gasteiger partial charge in [-0.3, -0.25) is 0 Å². The number of aryl methyl sites for hydroxylation is 1. The fourth-order valence-corrected chi connectivity index (χ4v) is 9.91. The van der Waals surface area contributed by atoms with Gasteiger partial charge in [0.15, 0.2) is 0 Å². The molecule has 0 saturated heterocycles. The quantitative estimate of drug-likeness (QED) is 0.129. The van der Waals surface area contributed by atoms with Crippen molar-refractivity contribution in [2.45, 2.75) is 6.92 Å². The summed E-state index contributed by atoms with van der Waals surface area (Å²) in [6, 6.07) is 97.4. The molecule has 0 saturated carbocycles. The smallest absolute Gasteiger partial charge is 0.135 e. The van der Waals surface area contributed by atoms with Crippen LogP contribution >= 0.6 is 0 Å². The van der Waals surface area contributed by atoms with Gasteiger partial charge in [-0.25, -0.2) is 0 Å². The van der Waals surface area contributed by atoms with E-state index in [0.29, 0.717) is 0 Å². The van der Waals surface area contributed by atoms with Gasteiger partial charge in [-0.2, -0.15) is 0 Å². The molecule has 0 N–H and O–H groups in total. The Morgan fingerprint density at radius 2 is 0.743 bits per heavy atom. The summed E-state index contributed by atoms with van der Waals surface area (Å²) in [5.74, 6) is 1.63. The van der Waals surface area contributed by atoms with Gasteiger partial charge in [-0.15, -0.1) is 0 Å². The van der Waals surface area contributed by atoms with Crippen LogP contribution in [0.15, 0.2) is 273 Å². The van der Waals surface area contributed by atoms with Crippen LogP contribution in [0.25, 0.3) is 83.1 Å². The monoisotopic (exact) mass is 896 g/mol. The summed E-state index contributed by atoms with van der Waals surface area (Å²) in [6.07, 6.45) is 0. The number of ether oxygens (including phenoxy) is 1. The molecule has 0 aliphatic carbocycles. The van der Waals surface area contributed by atoms with Crippen molar-refractivity contribution < 1.29 is 4.74 Å². The van der Waals surface area contributed by atoms with Crippen LogP contribution < -0.4 is 9.64 Å². The Bertz CT molecular complexity index is 3740. The first-order chi connectivity index (χ1) is 34.6. The van der Waals surface area contributed by atoms with Crippen molar-refractivity contribution in [2.75, 3.05) is 4.90 Å². The number of para-hydroxylation sites is 3. The van der Waals surface area contributed by atoms with E-state index in [9.17, 15) is 0 Å². The zero-order valence-corrected chi connectivity index (χ0v) is 38.8. The number of nitrogens with zero attached hydrogens (tertiary/aromatic N) is 2. The number of hydrogen-bond acceptors (Lipinski definition) is 2. The Morgan fingerprint density at radius 3 is 1.36 bits per heavy atom. The molecule has 332 valence electrons. The molecule has 70 heavy (non-hydrogen) atoms. The van der Waals surface area contributed by atoms with Crippen molar-refractivity contribution in [2.24, 2.45) is 0 Å². The summed E-state index contributed by atoms with van der Waals surface area (Å²) >= 11 is 0. The van der Waals surface area contributed by atoms with E-state index in [1.807, 2.05) is 18.2 Å². The van der Waals surface area contributed by atoms with Crippen molar-refractivity contribution in [1.82, 2.24) is 4.57 Å². The Hall–Kier alpha value is -9.18. The number of aromatic nitrogens is 1. The molecule has 1 aromatic heterocycles. The maximum Gasteiger partial charge on any atom is 0.135 e. The van der Waals surface area contributed by atoms with Crippen LogP contribution in [0, 0.1) is 6.92 Å². The van der Waals surface area contributed by atoms with E-state index in [-0.39, 0.29) is 0 Å². The summed E-state index contributed by atoms with van der Waals surface area (Å²) in [5.41, 5.74) is 19.5. The van der Waals surface area contributed by atoms with E-state index in [1.54, 1.807) is 0 Å². The van der Waals surface area contributed by atoms with Gasteiger partial charge in [-0.05, 0) is 147 Å². The highest BCUT2D eigenvalue weighted by Crippen LogP contribution is 2.40. The Labute approximate surface area is 409 Å². The lowest BCUT2D eigenvalue weighted by Crippen LogP contribution is -2.09. The average Bonchev–Trinajstić information content (AvgIpc) is 3.77. The Kier molecular flexibility index (Phi) is 11.1. The van der Waals surface area contributed by atoms with Crippen LogP contribution in [0.3, 0.4) is 0 Å². The Morgan fingerprint density at radius 1 is 0.314 bits per heavy atom. The van der Waals surface area contributed by atoms with Crippen LogP contribution in [-0.4, -0.2) is 4.57 Å². The number of fused-ring (bicyclic) bond motifs is 3. The summed E-state index contributed by atoms with van der Waals surface area (Å²) < 4.78 is 8.98. The van der Waals surface area contributed by atoms with Gasteiger partial charge in [0.25, 0.3) is 0 Å². The lowest BCUT2D eigenvalue weighted by atomic mass is 9.98. The molecule has 0 atom stereocenters. The molecule has 0 radical (unpaired) electrons. The van der Waals surface area contributed by atoms with Crippen LogP contribution in [0.2, 0.25) is 0 Å². The van der Waals surface area contributed by atoms with Crippen molar-refractivity contribution in [3.63, 3.8) is 0 Å². The summed E-state index contributed by atoms with van der Waals surface area (Å²) in [5, 5.41) is 2.52. The first-order valence-electron chi connectivity index (χ1n) is 23.9. The topological polar surface area (TPSA) is 17.4 Å². The van der Waals surface area contributed by atoms with E-state index in [1.165, 1.54) is 49.6 Å². The summed E-state index contributed by atoms with van der Waals surface area (Å²) in [6.45, 7) is 2.14.